The summed E-state index contributed by atoms with van der Waals surface area (Å²) in [5.41, 5.74) is 1.96. The van der Waals surface area contributed by atoms with Gasteiger partial charge in [0.1, 0.15) is 0 Å². The molecule has 0 aromatic carbocycles. The van der Waals surface area contributed by atoms with Crippen molar-refractivity contribution in [1.29, 1.82) is 0 Å². The van der Waals surface area contributed by atoms with Gasteiger partial charge in [0.25, 0.3) is 0 Å². The molecule has 2 heterocycles. The molecule has 1 aromatic heterocycles. The number of hydrogen-bond acceptors (Lipinski definition) is 3. The predicted molar refractivity (Wildman–Crippen MR) is 71.9 cm³/mol. The molecule has 0 saturated carbocycles. The SMILES string of the molecule is Cc1c(C=O)cnn1C1CCN(C(C)(C)C)CC1. The van der Waals surface area contributed by atoms with Crippen LogP contribution in [-0.4, -0.2) is 39.6 Å². The first-order valence-corrected chi connectivity index (χ1v) is 6.68. The zero-order chi connectivity index (χ0) is 13.3. The van der Waals surface area contributed by atoms with Gasteiger partial charge < -0.3 is 0 Å². The lowest BCUT2D eigenvalue weighted by Gasteiger charge is -2.41. The third kappa shape index (κ3) is 2.48. The van der Waals surface area contributed by atoms with Crippen molar-refractivity contribution in [2.24, 2.45) is 0 Å². The van der Waals surface area contributed by atoms with Crippen LogP contribution < -0.4 is 0 Å². The van der Waals surface area contributed by atoms with E-state index in [0.717, 1.165) is 37.9 Å². The Bertz CT molecular complexity index is 423. The molecule has 0 aliphatic carbocycles. The first kappa shape index (κ1) is 13.3. The highest BCUT2D eigenvalue weighted by atomic mass is 16.1. The van der Waals surface area contributed by atoms with Crippen LogP contribution in [0, 0.1) is 6.92 Å². The van der Waals surface area contributed by atoms with Crippen molar-refractivity contribution in [2.75, 3.05) is 13.1 Å². The van der Waals surface area contributed by atoms with Gasteiger partial charge in [0.2, 0.25) is 0 Å². The molecule has 4 heteroatoms. The van der Waals surface area contributed by atoms with E-state index in [1.165, 1.54) is 0 Å². The highest BCUT2D eigenvalue weighted by Crippen LogP contribution is 2.27. The van der Waals surface area contributed by atoms with Crippen LogP contribution in [0.15, 0.2) is 6.20 Å². The van der Waals surface area contributed by atoms with Gasteiger partial charge in [0.05, 0.1) is 17.8 Å². The average molecular weight is 249 g/mol. The highest BCUT2D eigenvalue weighted by molar-refractivity contribution is 5.75. The fourth-order valence-corrected chi connectivity index (χ4v) is 2.70. The smallest absolute Gasteiger partial charge is 0.153 e. The highest BCUT2D eigenvalue weighted by Gasteiger charge is 2.28. The molecule has 1 fully saturated rings. The maximum Gasteiger partial charge on any atom is 0.153 e. The standard InChI is InChI=1S/C14H23N3O/c1-11-12(10-18)9-15-17(11)13-5-7-16(8-6-13)14(2,3)4/h9-10,13H,5-8H2,1-4H3. The van der Waals surface area contributed by atoms with Crippen LogP contribution in [-0.2, 0) is 0 Å². The Balaban J connectivity index is 2.05. The maximum absolute atomic E-state index is 10.8. The van der Waals surface area contributed by atoms with Gasteiger partial charge in [-0.3, -0.25) is 14.4 Å². The molecule has 0 atom stereocenters. The molecule has 4 nitrogen and oxygen atoms in total. The number of nitrogens with zero attached hydrogens (tertiary/aromatic N) is 3. The Kier molecular flexibility index (Phi) is 3.57. The summed E-state index contributed by atoms with van der Waals surface area (Å²) >= 11 is 0. The first-order chi connectivity index (χ1) is 8.43. The van der Waals surface area contributed by atoms with Gasteiger partial charge in [0, 0.05) is 24.3 Å². The fourth-order valence-electron chi connectivity index (χ4n) is 2.70. The minimum absolute atomic E-state index is 0.248. The summed E-state index contributed by atoms with van der Waals surface area (Å²) in [7, 11) is 0. The molecule has 0 unspecified atom stereocenters. The second-order valence-corrected chi connectivity index (χ2v) is 6.14. The quantitative estimate of drug-likeness (QED) is 0.756. The molecule has 18 heavy (non-hydrogen) atoms. The fraction of sp³-hybridized carbons (Fsp3) is 0.714. The lowest BCUT2D eigenvalue weighted by molar-refractivity contribution is 0.0865. The number of piperidine rings is 1. The maximum atomic E-state index is 10.8. The molecule has 1 aliphatic rings. The van der Waals surface area contributed by atoms with Gasteiger partial charge in [-0.1, -0.05) is 0 Å². The number of aromatic nitrogens is 2. The first-order valence-electron chi connectivity index (χ1n) is 6.68. The Labute approximate surface area is 109 Å². The Morgan fingerprint density at radius 2 is 1.94 bits per heavy atom. The van der Waals surface area contributed by atoms with Crippen molar-refractivity contribution in [1.82, 2.24) is 14.7 Å². The van der Waals surface area contributed by atoms with Crippen LogP contribution >= 0.6 is 0 Å². The Morgan fingerprint density at radius 3 is 2.39 bits per heavy atom. The van der Waals surface area contributed by atoms with Crippen molar-refractivity contribution in [3.8, 4) is 0 Å². The summed E-state index contributed by atoms with van der Waals surface area (Å²) < 4.78 is 2.03. The number of likely N-dealkylation sites (tertiary alicyclic amines) is 1. The van der Waals surface area contributed by atoms with Crippen molar-refractivity contribution < 1.29 is 4.79 Å². The summed E-state index contributed by atoms with van der Waals surface area (Å²) in [5, 5.41) is 4.36. The third-order valence-electron chi connectivity index (χ3n) is 3.97. The van der Waals surface area contributed by atoms with Crippen molar-refractivity contribution in [3.63, 3.8) is 0 Å². The summed E-state index contributed by atoms with van der Waals surface area (Å²) in [4.78, 5) is 13.4. The molecule has 1 aliphatic heterocycles. The van der Waals surface area contributed by atoms with E-state index in [1.54, 1.807) is 6.20 Å². The molecule has 0 amide bonds. The molecule has 100 valence electrons. The second-order valence-electron chi connectivity index (χ2n) is 6.14. The van der Waals surface area contributed by atoms with Gasteiger partial charge in [-0.25, -0.2) is 0 Å². The number of carbonyl (C=O) groups excluding carboxylic acids is 1. The zero-order valence-electron chi connectivity index (χ0n) is 11.8. The molecular weight excluding hydrogens is 226 g/mol. The number of carbonyl (C=O) groups is 1. The zero-order valence-corrected chi connectivity index (χ0v) is 11.8. The Hall–Kier alpha value is -1.16. The largest absolute Gasteiger partial charge is 0.298 e. The molecule has 0 spiro atoms. The molecule has 2 rings (SSSR count). The van der Waals surface area contributed by atoms with Crippen LogP contribution in [0.4, 0.5) is 0 Å². The molecule has 1 saturated heterocycles. The van der Waals surface area contributed by atoms with Crippen molar-refractivity contribution in [2.45, 2.75) is 52.1 Å². The number of rotatable bonds is 2. The predicted octanol–water partition coefficient (Wildman–Crippen LogP) is 2.44. The minimum atomic E-state index is 0.248. The van der Waals surface area contributed by atoms with Crippen LogP contribution in [0.5, 0.6) is 0 Å². The van der Waals surface area contributed by atoms with Crippen molar-refractivity contribution in [3.05, 3.63) is 17.5 Å². The normalized spacial score (nSPS) is 19.1. The van der Waals surface area contributed by atoms with E-state index in [1.807, 2.05) is 11.6 Å². The summed E-state index contributed by atoms with van der Waals surface area (Å²) in [6.07, 6.45) is 4.79. The number of aldehydes is 1. The van der Waals surface area contributed by atoms with E-state index >= 15 is 0 Å². The molecule has 0 bridgehead atoms. The second kappa shape index (κ2) is 4.84. The average Bonchev–Trinajstić information content (AvgIpc) is 2.69. The van der Waals surface area contributed by atoms with Crippen molar-refractivity contribution >= 4 is 6.29 Å². The van der Waals surface area contributed by atoms with Crippen LogP contribution in [0.25, 0.3) is 0 Å². The van der Waals surface area contributed by atoms with Gasteiger partial charge in [-0.15, -0.1) is 0 Å². The summed E-state index contributed by atoms with van der Waals surface area (Å²) in [5.74, 6) is 0. The summed E-state index contributed by atoms with van der Waals surface area (Å²) in [6.45, 7) is 11.0. The van der Waals surface area contributed by atoms with Gasteiger partial charge in [0.15, 0.2) is 6.29 Å². The van der Waals surface area contributed by atoms with Crippen LogP contribution in [0.3, 0.4) is 0 Å². The van der Waals surface area contributed by atoms with E-state index in [-0.39, 0.29) is 5.54 Å². The van der Waals surface area contributed by atoms with E-state index in [0.29, 0.717) is 11.6 Å². The molecule has 1 aromatic rings. The summed E-state index contributed by atoms with van der Waals surface area (Å²) in [6, 6.07) is 0.442. The van der Waals surface area contributed by atoms with E-state index in [4.69, 9.17) is 0 Å². The van der Waals surface area contributed by atoms with E-state index in [2.05, 4.69) is 30.8 Å². The monoisotopic (exact) mass is 249 g/mol. The van der Waals surface area contributed by atoms with Crippen LogP contribution in [0.2, 0.25) is 0 Å². The topological polar surface area (TPSA) is 38.1 Å². The lowest BCUT2D eigenvalue weighted by atomic mass is 9.98. The number of hydrogen-bond donors (Lipinski definition) is 0. The molecule has 0 radical (unpaired) electrons. The van der Waals surface area contributed by atoms with Gasteiger partial charge >= 0.3 is 0 Å². The lowest BCUT2D eigenvalue weighted by Crippen LogP contribution is -2.46. The van der Waals surface area contributed by atoms with Gasteiger partial charge in [-0.05, 0) is 40.5 Å². The molecular formula is C14H23N3O. The third-order valence-corrected chi connectivity index (χ3v) is 3.97. The minimum Gasteiger partial charge on any atom is -0.298 e. The molecule has 0 N–H and O–H groups in total. The van der Waals surface area contributed by atoms with E-state index < -0.39 is 0 Å². The van der Waals surface area contributed by atoms with E-state index in [9.17, 15) is 4.79 Å². The Morgan fingerprint density at radius 1 is 1.33 bits per heavy atom. The van der Waals surface area contributed by atoms with Gasteiger partial charge in [-0.2, -0.15) is 5.10 Å². The van der Waals surface area contributed by atoms with Crippen LogP contribution in [0.1, 0.15) is 55.7 Å².